The van der Waals surface area contributed by atoms with Gasteiger partial charge in [-0.3, -0.25) is 4.99 Å². The molecular formula is C20H38IN7O2. The van der Waals surface area contributed by atoms with E-state index in [1.54, 1.807) is 6.33 Å². The number of amides is 1. The van der Waals surface area contributed by atoms with Gasteiger partial charge in [0.25, 0.3) is 0 Å². The maximum Gasteiger partial charge on any atom is 0.407 e. The first-order valence-corrected chi connectivity index (χ1v) is 10.7. The van der Waals surface area contributed by atoms with Gasteiger partial charge >= 0.3 is 6.09 Å². The number of carbonyl (C=O) groups excluding carboxylic acids is 1. The van der Waals surface area contributed by atoms with Crippen molar-refractivity contribution in [3.05, 3.63) is 12.2 Å². The molecule has 10 heteroatoms. The molecule has 0 aliphatic heterocycles. The van der Waals surface area contributed by atoms with E-state index in [1.807, 2.05) is 25.3 Å². The summed E-state index contributed by atoms with van der Waals surface area (Å²) < 4.78 is 7.39. The summed E-state index contributed by atoms with van der Waals surface area (Å²) in [6.45, 7) is 12.0. The van der Waals surface area contributed by atoms with Crippen molar-refractivity contribution in [2.24, 2.45) is 4.99 Å². The Labute approximate surface area is 197 Å². The first-order chi connectivity index (χ1) is 13.8. The second-order valence-corrected chi connectivity index (χ2v) is 8.39. The average Bonchev–Trinajstić information content (AvgIpc) is 3.09. The van der Waals surface area contributed by atoms with Crippen LogP contribution in [-0.4, -0.2) is 57.6 Å². The number of nitrogens with one attached hydrogen (secondary N) is 3. The summed E-state index contributed by atoms with van der Waals surface area (Å²) in [4.78, 5) is 16.6. The Hall–Kier alpha value is -1.59. The van der Waals surface area contributed by atoms with Crippen LogP contribution in [0.4, 0.5) is 4.79 Å². The van der Waals surface area contributed by atoms with Gasteiger partial charge in [0, 0.05) is 31.6 Å². The number of hydrogen-bond donors (Lipinski definition) is 3. The number of aromatic nitrogens is 3. The summed E-state index contributed by atoms with van der Waals surface area (Å²) in [5.74, 6) is 1.82. The highest BCUT2D eigenvalue weighted by Gasteiger charge is 2.25. The van der Waals surface area contributed by atoms with Crippen molar-refractivity contribution in [1.82, 2.24) is 30.7 Å². The zero-order valence-corrected chi connectivity index (χ0v) is 21.2. The Morgan fingerprint density at radius 1 is 1.20 bits per heavy atom. The number of ether oxygens (including phenoxy) is 1. The fraction of sp³-hybridized carbons (Fsp3) is 0.800. The molecule has 0 bridgehead atoms. The van der Waals surface area contributed by atoms with Crippen molar-refractivity contribution >= 4 is 36.0 Å². The summed E-state index contributed by atoms with van der Waals surface area (Å²) in [5, 5.41) is 17.9. The lowest BCUT2D eigenvalue weighted by molar-refractivity contribution is 0.0490. The van der Waals surface area contributed by atoms with E-state index in [0.717, 1.165) is 57.0 Å². The standard InChI is InChI=1S/C20H37N7O2.HI/c1-6-17-26-23-14-27(17)13-12-22-18(21-7-2)24-15-8-10-16(11-9-15)25-19(28)29-20(3,4)5;/h14-16H,6-13H2,1-5H3,(H,25,28)(H2,21,22,24);1H. The molecule has 1 aromatic heterocycles. The third-order valence-corrected chi connectivity index (χ3v) is 4.76. The van der Waals surface area contributed by atoms with Gasteiger partial charge in [-0.15, -0.1) is 34.2 Å². The van der Waals surface area contributed by atoms with Crippen LogP contribution in [0.5, 0.6) is 0 Å². The van der Waals surface area contributed by atoms with Crippen LogP contribution in [0.25, 0.3) is 0 Å². The maximum atomic E-state index is 11.9. The van der Waals surface area contributed by atoms with Crippen LogP contribution >= 0.6 is 24.0 Å². The number of aliphatic imine (C=N–C) groups is 1. The molecule has 30 heavy (non-hydrogen) atoms. The van der Waals surface area contributed by atoms with Crippen molar-refractivity contribution in [2.75, 3.05) is 13.1 Å². The molecule has 0 aromatic carbocycles. The van der Waals surface area contributed by atoms with Crippen LogP contribution in [0.15, 0.2) is 11.3 Å². The lowest BCUT2D eigenvalue weighted by Gasteiger charge is -2.31. The molecule has 0 atom stereocenters. The van der Waals surface area contributed by atoms with E-state index in [1.165, 1.54) is 0 Å². The second-order valence-electron chi connectivity index (χ2n) is 8.39. The Morgan fingerprint density at radius 3 is 2.40 bits per heavy atom. The Balaban J connectivity index is 0.00000450. The van der Waals surface area contributed by atoms with Gasteiger partial charge in [-0.25, -0.2) is 4.79 Å². The van der Waals surface area contributed by atoms with Crippen molar-refractivity contribution < 1.29 is 9.53 Å². The normalized spacial score (nSPS) is 19.6. The lowest BCUT2D eigenvalue weighted by atomic mass is 9.91. The third-order valence-electron chi connectivity index (χ3n) is 4.76. The van der Waals surface area contributed by atoms with Gasteiger partial charge in [0.2, 0.25) is 0 Å². The number of hydrogen-bond acceptors (Lipinski definition) is 5. The molecule has 9 nitrogen and oxygen atoms in total. The van der Waals surface area contributed by atoms with E-state index in [2.05, 4.69) is 40.0 Å². The predicted molar refractivity (Wildman–Crippen MR) is 129 cm³/mol. The largest absolute Gasteiger partial charge is 0.444 e. The van der Waals surface area contributed by atoms with Gasteiger partial charge in [0.05, 0.1) is 6.54 Å². The monoisotopic (exact) mass is 535 g/mol. The Kier molecular flexibility index (Phi) is 11.4. The van der Waals surface area contributed by atoms with E-state index in [4.69, 9.17) is 9.73 Å². The van der Waals surface area contributed by atoms with Crippen LogP contribution in [0.2, 0.25) is 0 Å². The molecule has 1 saturated carbocycles. The summed E-state index contributed by atoms with van der Waals surface area (Å²) >= 11 is 0. The molecule has 0 spiro atoms. The fourth-order valence-corrected chi connectivity index (χ4v) is 3.38. The van der Waals surface area contributed by atoms with Gasteiger partial charge in [-0.2, -0.15) is 0 Å². The van der Waals surface area contributed by atoms with Crippen LogP contribution in [-0.2, 0) is 17.7 Å². The number of guanidine groups is 1. The molecular weight excluding hydrogens is 497 g/mol. The van der Waals surface area contributed by atoms with Gasteiger partial charge < -0.3 is 25.3 Å². The molecule has 0 unspecified atom stereocenters. The number of nitrogens with zero attached hydrogens (tertiary/aromatic N) is 4. The average molecular weight is 535 g/mol. The minimum atomic E-state index is -0.468. The van der Waals surface area contributed by atoms with Crippen LogP contribution in [0, 0.1) is 0 Å². The molecule has 0 saturated heterocycles. The number of carbonyl (C=O) groups is 1. The molecule has 1 heterocycles. The lowest BCUT2D eigenvalue weighted by Crippen LogP contribution is -2.48. The molecule has 1 fully saturated rings. The highest BCUT2D eigenvalue weighted by molar-refractivity contribution is 14.0. The smallest absolute Gasteiger partial charge is 0.407 e. The number of halogens is 1. The SMILES string of the molecule is CCNC(=NCCn1cnnc1CC)NC1CCC(NC(=O)OC(C)(C)C)CC1.I. The predicted octanol–water partition coefficient (Wildman–Crippen LogP) is 2.85. The first-order valence-electron chi connectivity index (χ1n) is 10.7. The van der Waals surface area contributed by atoms with Crippen molar-refractivity contribution in [3.8, 4) is 0 Å². The van der Waals surface area contributed by atoms with Gasteiger partial charge in [-0.1, -0.05) is 6.92 Å². The van der Waals surface area contributed by atoms with Gasteiger partial charge in [0.15, 0.2) is 5.96 Å². The fourth-order valence-electron chi connectivity index (χ4n) is 3.38. The van der Waals surface area contributed by atoms with E-state index in [9.17, 15) is 4.79 Å². The number of rotatable bonds is 7. The minimum Gasteiger partial charge on any atom is -0.444 e. The van der Waals surface area contributed by atoms with E-state index < -0.39 is 5.60 Å². The van der Waals surface area contributed by atoms with E-state index in [0.29, 0.717) is 12.6 Å². The summed E-state index contributed by atoms with van der Waals surface area (Å²) in [6.07, 6.45) is 6.11. The second kappa shape index (κ2) is 13.0. The summed E-state index contributed by atoms with van der Waals surface area (Å²) in [6, 6.07) is 0.522. The maximum absolute atomic E-state index is 11.9. The quantitative estimate of drug-likeness (QED) is 0.282. The summed E-state index contributed by atoms with van der Waals surface area (Å²) in [7, 11) is 0. The minimum absolute atomic E-state index is 0. The number of aryl methyl sites for hydroxylation is 1. The van der Waals surface area contributed by atoms with E-state index >= 15 is 0 Å². The highest BCUT2D eigenvalue weighted by Crippen LogP contribution is 2.19. The molecule has 0 radical (unpaired) electrons. The number of alkyl carbamates (subject to hydrolysis) is 1. The Morgan fingerprint density at radius 2 is 1.83 bits per heavy atom. The molecule has 1 amide bonds. The van der Waals surface area contributed by atoms with Crippen molar-refractivity contribution in [1.29, 1.82) is 0 Å². The topological polar surface area (TPSA) is 105 Å². The van der Waals surface area contributed by atoms with E-state index in [-0.39, 0.29) is 36.1 Å². The van der Waals surface area contributed by atoms with Crippen molar-refractivity contribution in [3.63, 3.8) is 0 Å². The van der Waals surface area contributed by atoms with Crippen molar-refractivity contribution in [2.45, 2.75) is 91.0 Å². The summed E-state index contributed by atoms with van der Waals surface area (Å²) in [5.41, 5.74) is -0.468. The Bertz CT molecular complexity index is 664. The zero-order chi connectivity index (χ0) is 21.3. The zero-order valence-electron chi connectivity index (χ0n) is 18.9. The first kappa shape index (κ1) is 26.4. The van der Waals surface area contributed by atoms with Gasteiger partial charge in [0.1, 0.15) is 17.8 Å². The molecule has 172 valence electrons. The highest BCUT2D eigenvalue weighted by atomic mass is 127. The molecule has 1 aromatic rings. The van der Waals surface area contributed by atoms with Crippen LogP contribution in [0.1, 0.15) is 66.1 Å². The molecule has 3 N–H and O–H groups in total. The van der Waals surface area contributed by atoms with Gasteiger partial charge in [-0.05, 0) is 53.4 Å². The van der Waals surface area contributed by atoms with Crippen LogP contribution < -0.4 is 16.0 Å². The molecule has 1 aliphatic carbocycles. The molecule has 2 rings (SSSR count). The molecule has 1 aliphatic rings. The third kappa shape index (κ3) is 9.48. The van der Waals surface area contributed by atoms with Crippen LogP contribution in [0.3, 0.4) is 0 Å².